The minimum absolute atomic E-state index is 0.161. The van der Waals surface area contributed by atoms with Gasteiger partial charge in [-0.05, 0) is 30.2 Å². The van der Waals surface area contributed by atoms with E-state index >= 15 is 0 Å². The van der Waals surface area contributed by atoms with Crippen LogP contribution in [0.1, 0.15) is 30.9 Å². The van der Waals surface area contributed by atoms with Crippen molar-refractivity contribution in [2.75, 3.05) is 0 Å². The zero-order valence-corrected chi connectivity index (χ0v) is 16.8. The Labute approximate surface area is 174 Å². The Hall–Kier alpha value is -3.41. The van der Waals surface area contributed by atoms with Crippen molar-refractivity contribution in [2.45, 2.75) is 38.8 Å². The van der Waals surface area contributed by atoms with Gasteiger partial charge in [0.2, 0.25) is 5.91 Å². The number of carbonyl (C=O) groups excluding carboxylic acids is 1. The fourth-order valence-corrected chi connectivity index (χ4v) is 3.41. The molecule has 30 heavy (non-hydrogen) atoms. The first kappa shape index (κ1) is 21.3. The van der Waals surface area contributed by atoms with Gasteiger partial charge in [0.05, 0.1) is 0 Å². The van der Waals surface area contributed by atoms with E-state index in [2.05, 4.69) is 16.8 Å². The summed E-state index contributed by atoms with van der Waals surface area (Å²) in [6.07, 6.45) is 6.70. The summed E-state index contributed by atoms with van der Waals surface area (Å²) in [6, 6.07) is 12.8. The zero-order valence-electron chi connectivity index (χ0n) is 16.8. The van der Waals surface area contributed by atoms with E-state index in [4.69, 9.17) is 0 Å². The summed E-state index contributed by atoms with van der Waals surface area (Å²) >= 11 is 0. The number of aryl methyl sites for hydroxylation is 1. The van der Waals surface area contributed by atoms with E-state index in [1.54, 1.807) is 18.2 Å². The second-order valence-corrected chi connectivity index (χ2v) is 7.18. The molecular formula is C24H25FN2O3. The molecule has 1 heterocycles. The quantitative estimate of drug-likeness (QED) is 0.516. The molecule has 0 bridgehead atoms. The van der Waals surface area contributed by atoms with Crippen molar-refractivity contribution >= 4 is 28.9 Å². The second kappa shape index (κ2) is 9.87. The van der Waals surface area contributed by atoms with E-state index in [1.807, 2.05) is 30.5 Å². The third-order valence-corrected chi connectivity index (χ3v) is 4.98. The molecule has 0 spiro atoms. The SMILES string of the molecule is CCCCn1cc(C[C@H](NC(=O)C=Cc2ccccc2F)C(=O)O)c2ccccc21. The molecule has 0 radical (unpaired) electrons. The number of hydrogen-bond acceptors (Lipinski definition) is 2. The van der Waals surface area contributed by atoms with E-state index in [-0.39, 0.29) is 12.0 Å². The summed E-state index contributed by atoms with van der Waals surface area (Å²) in [5.41, 5.74) is 2.18. The number of hydrogen-bond donors (Lipinski definition) is 2. The molecule has 156 valence electrons. The molecule has 0 saturated carbocycles. The predicted octanol–water partition coefficient (Wildman–Crippen LogP) is 4.41. The molecule has 5 nitrogen and oxygen atoms in total. The Bertz CT molecular complexity index is 1070. The molecule has 1 aromatic heterocycles. The maximum absolute atomic E-state index is 13.7. The van der Waals surface area contributed by atoms with Crippen molar-refractivity contribution in [3.8, 4) is 0 Å². The van der Waals surface area contributed by atoms with Crippen LogP contribution in [0.4, 0.5) is 4.39 Å². The average Bonchev–Trinajstić information content (AvgIpc) is 3.08. The molecule has 0 aliphatic heterocycles. The van der Waals surface area contributed by atoms with Gasteiger partial charge < -0.3 is 15.0 Å². The Kier molecular flexibility index (Phi) is 7.01. The standard InChI is InChI=1S/C24H25FN2O3/c1-2-3-14-27-16-18(19-9-5-7-11-22(19)27)15-21(24(29)30)26-23(28)13-12-17-8-4-6-10-20(17)25/h4-13,16,21H,2-3,14-15H2,1H3,(H,26,28)(H,29,30)/t21-/m0/s1. The van der Waals surface area contributed by atoms with E-state index in [1.165, 1.54) is 12.1 Å². The minimum atomic E-state index is -1.12. The van der Waals surface area contributed by atoms with Gasteiger partial charge in [-0.1, -0.05) is 49.7 Å². The molecule has 0 unspecified atom stereocenters. The number of carboxylic acid groups (broad SMARTS) is 1. The first-order chi connectivity index (χ1) is 14.5. The molecule has 1 atom stereocenters. The molecule has 0 fully saturated rings. The Morgan fingerprint density at radius 2 is 1.90 bits per heavy atom. The van der Waals surface area contributed by atoms with Crippen LogP contribution in [0.5, 0.6) is 0 Å². The van der Waals surface area contributed by atoms with Crippen LogP contribution < -0.4 is 5.32 Å². The third-order valence-electron chi connectivity index (χ3n) is 4.98. The molecule has 6 heteroatoms. The van der Waals surface area contributed by atoms with Crippen molar-refractivity contribution in [2.24, 2.45) is 0 Å². The van der Waals surface area contributed by atoms with Crippen LogP contribution in [-0.2, 0) is 22.6 Å². The van der Waals surface area contributed by atoms with Crippen molar-refractivity contribution in [3.63, 3.8) is 0 Å². The summed E-state index contributed by atoms with van der Waals surface area (Å²) in [4.78, 5) is 24.0. The number of nitrogens with zero attached hydrogens (tertiary/aromatic N) is 1. The number of aromatic nitrogens is 1. The molecule has 0 saturated heterocycles. The number of benzene rings is 2. The summed E-state index contributed by atoms with van der Waals surface area (Å²) < 4.78 is 15.8. The van der Waals surface area contributed by atoms with Crippen molar-refractivity contribution in [1.82, 2.24) is 9.88 Å². The topological polar surface area (TPSA) is 71.3 Å². The van der Waals surface area contributed by atoms with Gasteiger partial charge in [0.25, 0.3) is 0 Å². The van der Waals surface area contributed by atoms with Crippen LogP contribution >= 0.6 is 0 Å². The molecule has 0 aliphatic rings. The van der Waals surface area contributed by atoms with Crippen LogP contribution in [-0.4, -0.2) is 27.6 Å². The van der Waals surface area contributed by atoms with Crippen LogP contribution in [0.2, 0.25) is 0 Å². The minimum Gasteiger partial charge on any atom is -0.480 e. The van der Waals surface area contributed by atoms with E-state index in [9.17, 15) is 19.1 Å². The first-order valence-electron chi connectivity index (χ1n) is 10.0. The summed E-state index contributed by atoms with van der Waals surface area (Å²) in [5, 5.41) is 13.1. The lowest BCUT2D eigenvalue weighted by Crippen LogP contribution is -2.41. The van der Waals surface area contributed by atoms with Crippen LogP contribution in [0.3, 0.4) is 0 Å². The predicted molar refractivity (Wildman–Crippen MR) is 116 cm³/mol. The average molecular weight is 408 g/mol. The Balaban J connectivity index is 1.77. The number of aliphatic carboxylic acids is 1. The second-order valence-electron chi connectivity index (χ2n) is 7.18. The zero-order chi connectivity index (χ0) is 21.5. The first-order valence-corrected chi connectivity index (χ1v) is 10.0. The van der Waals surface area contributed by atoms with Gasteiger partial charge in [-0.3, -0.25) is 4.79 Å². The highest BCUT2D eigenvalue weighted by atomic mass is 19.1. The number of para-hydroxylation sites is 1. The number of unbranched alkanes of at least 4 members (excludes halogenated alkanes) is 1. The lowest BCUT2D eigenvalue weighted by atomic mass is 10.0. The smallest absolute Gasteiger partial charge is 0.326 e. The van der Waals surface area contributed by atoms with Crippen LogP contribution in [0, 0.1) is 5.82 Å². The third kappa shape index (κ3) is 5.14. The molecule has 3 rings (SSSR count). The normalized spacial score (nSPS) is 12.3. The monoisotopic (exact) mass is 408 g/mol. The van der Waals surface area contributed by atoms with Crippen LogP contribution in [0.15, 0.2) is 60.8 Å². The molecule has 0 aliphatic carbocycles. The van der Waals surface area contributed by atoms with Gasteiger partial charge in [0, 0.05) is 41.7 Å². The van der Waals surface area contributed by atoms with Gasteiger partial charge >= 0.3 is 5.97 Å². The summed E-state index contributed by atoms with van der Waals surface area (Å²) in [5.74, 6) is -2.15. The fourth-order valence-electron chi connectivity index (χ4n) is 3.41. The van der Waals surface area contributed by atoms with Crippen LogP contribution in [0.25, 0.3) is 17.0 Å². The number of carbonyl (C=O) groups is 2. The van der Waals surface area contributed by atoms with E-state index in [0.717, 1.165) is 41.9 Å². The molecule has 3 aromatic rings. The highest BCUT2D eigenvalue weighted by Crippen LogP contribution is 2.23. The molecular weight excluding hydrogens is 383 g/mol. The number of rotatable bonds is 9. The highest BCUT2D eigenvalue weighted by Gasteiger charge is 2.22. The van der Waals surface area contributed by atoms with Gasteiger partial charge in [-0.15, -0.1) is 0 Å². The fraction of sp³-hybridized carbons (Fsp3) is 0.250. The number of fused-ring (bicyclic) bond motifs is 1. The molecule has 1 amide bonds. The van der Waals surface area contributed by atoms with Crippen molar-refractivity contribution in [3.05, 3.63) is 77.7 Å². The molecule has 2 aromatic carbocycles. The Morgan fingerprint density at radius 1 is 1.17 bits per heavy atom. The van der Waals surface area contributed by atoms with Gasteiger partial charge in [0.15, 0.2) is 0 Å². The maximum atomic E-state index is 13.7. The highest BCUT2D eigenvalue weighted by molar-refractivity contribution is 5.94. The van der Waals surface area contributed by atoms with Gasteiger partial charge in [-0.25, -0.2) is 9.18 Å². The number of halogens is 1. The van der Waals surface area contributed by atoms with Crippen molar-refractivity contribution < 1.29 is 19.1 Å². The number of amides is 1. The van der Waals surface area contributed by atoms with Gasteiger partial charge in [0.1, 0.15) is 11.9 Å². The molecule has 2 N–H and O–H groups in total. The van der Waals surface area contributed by atoms with Gasteiger partial charge in [-0.2, -0.15) is 0 Å². The van der Waals surface area contributed by atoms with E-state index in [0.29, 0.717) is 0 Å². The summed E-state index contributed by atoms with van der Waals surface area (Å²) in [7, 11) is 0. The number of carboxylic acids is 1. The van der Waals surface area contributed by atoms with E-state index < -0.39 is 23.7 Å². The number of nitrogens with one attached hydrogen (secondary N) is 1. The lowest BCUT2D eigenvalue weighted by Gasteiger charge is -2.13. The largest absolute Gasteiger partial charge is 0.480 e. The summed E-state index contributed by atoms with van der Waals surface area (Å²) in [6.45, 7) is 2.98. The van der Waals surface area contributed by atoms with Crippen molar-refractivity contribution in [1.29, 1.82) is 0 Å². The maximum Gasteiger partial charge on any atom is 0.326 e. The Morgan fingerprint density at radius 3 is 2.63 bits per heavy atom. The lowest BCUT2D eigenvalue weighted by molar-refractivity contribution is -0.141.